The molecule has 1 aliphatic rings. The zero-order valence-electron chi connectivity index (χ0n) is 9.44. The summed E-state index contributed by atoms with van der Waals surface area (Å²) in [5.41, 5.74) is 0.0563. The van der Waals surface area contributed by atoms with Crippen molar-refractivity contribution in [1.29, 1.82) is 0 Å². The largest absolute Gasteiger partial charge is 0.323 e. The Kier molecular flexibility index (Phi) is 2.88. The lowest BCUT2D eigenvalue weighted by atomic mass is 10.2. The molecule has 3 rings (SSSR count). The van der Waals surface area contributed by atoms with Gasteiger partial charge in [-0.2, -0.15) is 0 Å². The van der Waals surface area contributed by atoms with Crippen molar-refractivity contribution in [1.82, 2.24) is 9.55 Å². The second kappa shape index (κ2) is 4.38. The van der Waals surface area contributed by atoms with Gasteiger partial charge in [0.05, 0.1) is 5.39 Å². The minimum Gasteiger partial charge on any atom is -0.323 e. The third kappa shape index (κ3) is 2.21. The highest BCUT2D eigenvalue weighted by atomic mass is 32.1. The number of thiophene rings is 1. The predicted molar refractivity (Wildman–Crippen MR) is 73.2 cm³/mol. The Bertz CT molecular complexity index is 648. The molecule has 0 radical (unpaired) electrons. The molecule has 5 heteroatoms. The predicted octanol–water partition coefficient (Wildman–Crippen LogP) is 3.31. The van der Waals surface area contributed by atoms with Crippen molar-refractivity contribution in [2.45, 2.75) is 32.2 Å². The summed E-state index contributed by atoms with van der Waals surface area (Å²) in [5.74, 6) is 0.910. The minimum absolute atomic E-state index is 0.0563. The summed E-state index contributed by atoms with van der Waals surface area (Å²) in [6.07, 6.45) is 5.01. The van der Waals surface area contributed by atoms with E-state index in [2.05, 4.69) is 4.98 Å². The Morgan fingerprint density at radius 2 is 2.35 bits per heavy atom. The molecule has 17 heavy (non-hydrogen) atoms. The van der Waals surface area contributed by atoms with E-state index in [0.29, 0.717) is 4.77 Å². The SMILES string of the molecule is O=c1c2ccsc2[nH]c(=S)n1CCCC1CC1. The van der Waals surface area contributed by atoms with Crippen LogP contribution in [0.5, 0.6) is 0 Å². The first-order valence-electron chi connectivity index (χ1n) is 5.96. The number of fused-ring (bicyclic) bond motifs is 1. The van der Waals surface area contributed by atoms with Gasteiger partial charge in [-0.15, -0.1) is 11.3 Å². The highest BCUT2D eigenvalue weighted by molar-refractivity contribution is 7.71. The van der Waals surface area contributed by atoms with Crippen LogP contribution in [0.1, 0.15) is 25.7 Å². The zero-order valence-corrected chi connectivity index (χ0v) is 11.1. The van der Waals surface area contributed by atoms with E-state index in [9.17, 15) is 4.79 Å². The van der Waals surface area contributed by atoms with Crippen molar-refractivity contribution >= 4 is 33.8 Å². The standard InChI is InChI=1S/C12H14N2OS2/c15-11-9-5-7-17-10(9)13-12(16)14(11)6-1-2-8-3-4-8/h5,7-8H,1-4,6H2,(H,13,16). The van der Waals surface area contributed by atoms with Crippen LogP contribution in [-0.2, 0) is 6.54 Å². The number of nitrogens with zero attached hydrogens (tertiary/aromatic N) is 1. The maximum Gasteiger partial charge on any atom is 0.263 e. The quantitative estimate of drug-likeness (QED) is 0.862. The Labute approximate surface area is 108 Å². The monoisotopic (exact) mass is 266 g/mol. The fourth-order valence-corrected chi connectivity index (χ4v) is 3.24. The molecule has 1 N–H and O–H groups in total. The molecule has 0 saturated heterocycles. The fraction of sp³-hybridized carbons (Fsp3) is 0.500. The molecule has 1 fully saturated rings. The van der Waals surface area contributed by atoms with E-state index >= 15 is 0 Å². The third-order valence-corrected chi connectivity index (χ3v) is 4.45. The van der Waals surface area contributed by atoms with Crippen LogP contribution >= 0.6 is 23.6 Å². The lowest BCUT2D eigenvalue weighted by Crippen LogP contribution is -2.21. The molecular formula is C12H14N2OS2. The summed E-state index contributed by atoms with van der Waals surface area (Å²) < 4.78 is 2.26. The Morgan fingerprint density at radius 1 is 1.53 bits per heavy atom. The molecule has 0 amide bonds. The van der Waals surface area contributed by atoms with E-state index < -0.39 is 0 Å². The summed E-state index contributed by atoms with van der Waals surface area (Å²) in [5, 5.41) is 2.68. The molecule has 2 aromatic heterocycles. The average molecular weight is 266 g/mol. The number of hydrogen-bond acceptors (Lipinski definition) is 3. The number of hydrogen-bond donors (Lipinski definition) is 1. The molecule has 0 unspecified atom stereocenters. The van der Waals surface area contributed by atoms with Crippen molar-refractivity contribution in [2.75, 3.05) is 0 Å². The number of H-pyrrole nitrogens is 1. The molecule has 2 heterocycles. The van der Waals surface area contributed by atoms with E-state index in [1.54, 1.807) is 4.57 Å². The Morgan fingerprint density at radius 3 is 3.12 bits per heavy atom. The maximum absolute atomic E-state index is 12.2. The van der Waals surface area contributed by atoms with Crippen molar-refractivity contribution in [3.63, 3.8) is 0 Å². The molecule has 90 valence electrons. The summed E-state index contributed by atoms with van der Waals surface area (Å²) in [7, 11) is 0. The topological polar surface area (TPSA) is 37.8 Å². The van der Waals surface area contributed by atoms with Gasteiger partial charge < -0.3 is 4.98 Å². The molecule has 1 saturated carbocycles. The van der Waals surface area contributed by atoms with Crippen LogP contribution in [0.2, 0.25) is 0 Å². The summed E-state index contributed by atoms with van der Waals surface area (Å²) >= 11 is 6.77. The summed E-state index contributed by atoms with van der Waals surface area (Å²) in [6, 6.07) is 1.87. The molecule has 3 nitrogen and oxygen atoms in total. The van der Waals surface area contributed by atoms with Crippen LogP contribution in [0.4, 0.5) is 0 Å². The van der Waals surface area contributed by atoms with Gasteiger partial charge >= 0.3 is 0 Å². The lowest BCUT2D eigenvalue weighted by molar-refractivity contribution is 0.557. The van der Waals surface area contributed by atoms with Crippen LogP contribution in [0.25, 0.3) is 10.2 Å². The number of aromatic nitrogens is 2. The first-order chi connectivity index (χ1) is 8.25. The van der Waals surface area contributed by atoms with Crippen LogP contribution in [0, 0.1) is 10.7 Å². The van der Waals surface area contributed by atoms with Gasteiger partial charge in [0.2, 0.25) is 0 Å². The van der Waals surface area contributed by atoms with Gasteiger partial charge in [0, 0.05) is 6.54 Å². The molecule has 0 aliphatic heterocycles. The lowest BCUT2D eigenvalue weighted by Gasteiger charge is -2.05. The van der Waals surface area contributed by atoms with Crippen molar-refractivity contribution < 1.29 is 0 Å². The van der Waals surface area contributed by atoms with E-state index in [1.165, 1.54) is 30.6 Å². The number of nitrogens with one attached hydrogen (secondary N) is 1. The van der Waals surface area contributed by atoms with Crippen LogP contribution in [0.15, 0.2) is 16.2 Å². The molecule has 0 atom stereocenters. The van der Waals surface area contributed by atoms with Gasteiger partial charge in [-0.1, -0.05) is 12.8 Å². The maximum atomic E-state index is 12.2. The van der Waals surface area contributed by atoms with Crippen LogP contribution in [0.3, 0.4) is 0 Å². The number of aromatic amines is 1. The van der Waals surface area contributed by atoms with Gasteiger partial charge in [-0.05, 0) is 42.4 Å². The zero-order chi connectivity index (χ0) is 11.8. The highest BCUT2D eigenvalue weighted by Gasteiger charge is 2.20. The number of rotatable bonds is 4. The summed E-state index contributed by atoms with van der Waals surface area (Å²) in [4.78, 5) is 16.2. The first kappa shape index (κ1) is 11.2. The minimum atomic E-state index is 0.0563. The van der Waals surface area contributed by atoms with Crippen molar-refractivity contribution in [3.05, 3.63) is 26.6 Å². The van der Waals surface area contributed by atoms with Gasteiger partial charge in [-0.25, -0.2) is 0 Å². The molecule has 0 spiro atoms. The molecule has 2 aromatic rings. The highest BCUT2D eigenvalue weighted by Crippen LogP contribution is 2.33. The van der Waals surface area contributed by atoms with Gasteiger partial charge in [-0.3, -0.25) is 9.36 Å². The molecular weight excluding hydrogens is 252 g/mol. The van der Waals surface area contributed by atoms with Crippen LogP contribution in [-0.4, -0.2) is 9.55 Å². The van der Waals surface area contributed by atoms with E-state index in [1.807, 2.05) is 11.4 Å². The van der Waals surface area contributed by atoms with Crippen molar-refractivity contribution in [2.24, 2.45) is 5.92 Å². The fourth-order valence-electron chi connectivity index (χ4n) is 2.12. The molecule has 0 aromatic carbocycles. The van der Waals surface area contributed by atoms with E-state index in [0.717, 1.165) is 29.1 Å². The summed E-state index contributed by atoms with van der Waals surface area (Å²) in [6.45, 7) is 0.746. The van der Waals surface area contributed by atoms with Gasteiger partial charge in [0.15, 0.2) is 4.77 Å². The Hall–Kier alpha value is -0.940. The van der Waals surface area contributed by atoms with Crippen LogP contribution < -0.4 is 5.56 Å². The molecule has 1 aliphatic carbocycles. The van der Waals surface area contributed by atoms with Crippen molar-refractivity contribution in [3.8, 4) is 0 Å². The van der Waals surface area contributed by atoms with Gasteiger partial charge in [0.1, 0.15) is 4.83 Å². The van der Waals surface area contributed by atoms with E-state index in [4.69, 9.17) is 12.2 Å². The smallest absolute Gasteiger partial charge is 0.263 e. The normalized spacial score (nSPS) is 15.5. The second-order valence-electron chi connectivity index (χ2n) is 4.64. The Balaban J connectivity index is 1.90. The molecule has 0 bridgehead atoms. The van der Waals surface area contributed by atoms with E-state index in [-0.39, 0.29) is 5.56 Å². The first-order valence-corrected chi connectivity index (χ1v) is 7.25. The van der Waals surface area contributed by atoms with Gasteiger partial charge in [0.25, 0.3) is 5.56 Å². The average Bonchev–Trinajstić information content (AvgIpc) is 3.00. The second-order valence-corrected chi connectivity index (χ2v) is 5.94. The third-order valence-electron chi connectivity index (χ3n) is 3.30.